The molecule has 3 rings (SSSR count). The highest BCUT2D eigenvalue weighted by molar-refractivity contribution is 6.04. The van der Waals surface area contributed by atoms with Gasteiger partial charge in [0.2, 0.25) is 5.91 Å². The van der Waals surface area contributed by atoms with Crippen LogP contribution in [0.2, 0.25) is 0 Å². The number of hydrogen-bond acceptors (Lipinski definition) is 3. The van der Waals surface area contributed by atoms with E-state index in [-0.39, 0.29) is 17.9 Å². The molecule has 0 aromatic heterocycles. The molecule has 0 radical (unpaired) electrons. The van der Waals surface area contributed by atoms with E-state index in [0.29, 0.717) is 31.0 Å². The predicted molar refractivity (Wildman–Crippen MR) is 111 cm³/mol. The Morgan fingerprint density at radius 3 is 2.61 bits per heavy atom. The minimum Gasteiger partial charge on any atom is -0.377 e. The lowest BCUT2D eigenvalue weighted by Crippen LogP contribution is -2.47. The summed E-state index contributed by atoms with van der Waals surface area (Å²) < 4.78 is 5.40. The first kappa shape index (κ1) is 19.8. The summed E-state index contributed by atoms with van der Waals surface area (Å²) in [5, 5.41) is 2.88. The van der Waals surface area contributed by atoms with Crippen molar-refractivity contribution >= 4 is 23.1 Å². The number of hydrogen-bond donors (Lipinski definition) is 1. The van der Waals surface area contributed by atoms with E-state index in [1.165, 1.54) is 0 Å². The molecule has 2 aromatic rings. The first-order valence-corrected chi connectivity index (χ1v) is 9.64. The quantitative estimate of drug-likeness (QED) is 0.801. The molecule has 5 nitrogen and oxygen atoms in total. The lowest BCUT2D eigenvalue weighted by molar-refractivity contribution is -0.111. The molecule has 1 saturated heterocycles. The Labute approximate surface area is 166 Å². The standard InChI is InChI=1S/C23H26N2O3/c1-3-18(19-8-5-4-6-9-19)15-22(26)24-21-11-7-10-20(14-21)23(27)25-12-13-28-16-17(25)2/h4-11,14-15,17H,3,12-13,16H2,1-2H3,(H,24,26)/b18-15+. The number of nitrogens with zero attached hydrogens (tertiary/aromatic N) is 1. The normalized spacial score (nSPS) is 17.3. The minimum atomic E-state index is -0.204. The van der Waals surface area contributed by atoms with Crippen LogP contribution in [-0.4, -0.2) is 42.5 Å². The number of benzene rings is 2. The molecular formula is C23H26N2O3. The fraction of sp³-hybridized carbons (Fsp3) is 0.304. The van der Waals surface area contributed by atoms with Crippen LogP contribution >= 0.6 is 0 Å². The fourth-order valence-electron chi connectivity index (χ4n) is 3.30. The van der Waals surface area contributed by atoms with Crippen LogP contribution in [0, 0.1) is 0 Å². The monoisotopic (exact) mass is 378 g/mol. The van der Waals surface area contributed by atoms with Crippen LogP contribution in [0.25, 0.3) is 5.57 Å². The summed E-state index contributed by atoms with van der Waals surface area (Å²) in [7, 11) is 0. The van der Waals surface area contributed by atoms with Gasteiger partial charge in [-0.1, -0.05) is 43.3 Å². The number of amides is 2. The number of rotatable bonds is 5. The molecule has 0 saturated carbocycles. The summed E-state index contributed by atoms with van der Waals surface area (Å²) in [6.45, 7) is 5.68. The highest BCUT2D eigenvalue weighted by Crippen LogP contribution is 2.19. The van der Waals surface area contributed by atoms with Crippen LogP contribution in [0.5, 0.6) is 0 Å². The van der Waals surface area contributed by atoms with Gasteiger partial charge in [0.15, 0.2) is 0 Å². The maximum Gasteiger partial charge on any atom is 0.254 e. The summed E-state index contributed by atoms with van der Waals surface area (Å²) in [5.41, 5.74) is 3.17. The number of ether oxygens (including phenoxy) is 1. The van der Waals surface area contributed by atoms with E-state index in [0.717, 1.165) is 17.6 Å². The van der Waals surface area contributed by atoms with Gasteiger partial charge in [0.05, 0.1) is 19.3 Å². The Kier molecular flexibility index (Phi) is 6.61. The molecule has 0 aliphatic carbocycles. The van der Waals surface area contributed by atoms with Crippen molar-refractivity contribution in [3.05, 3.63) is 71.8 Å². The van der Waals surface area contributed by atoms with E-state index in [9.17, 15) is 9.59 Å². The average molecular weight is 378 g/mol. The van der Waals surface area contributed by atoms with Gasteiger partial charge in [-0.2, -0.15) is 0 Å². The van der Waals surface area contributed by atoms with Gasteiger partial charge in [-0.15, -0.1) is 0 Å². The molecule has 1 unspecified atom stereocenters. The van der Waals surface area contributed by atoms with Crippen molar-refractivity contribution in [3.63, 3.8) is 0 Å². The van der Waals surface area contributed by atoms with Gasteiger partial charge in [0.1, 0.15) is 0 Å². The molecule has 2 aromatic carbocycles. The van der Waals surface area contributed by atoms with Crippen molar-refractivity contribution in [3.8, 4) is 0 Å². The Hall–Kier alpha value is -2.92. The molecule has 28 heavy (non-hydrogen) atoms. The molecule has 1 N–H and O–H groups in total. The van der Waals surface area contributed by atoms with Crippen molar-refractivity contribution in [1.82, 2.24) is 4.90 Å². The Morgan fingerprint density at radius 1 is 1.14 bits per heavy atom. The third-order valence-corrected chi connectivity index (χ3v) is 4.84. The maximum atomic E-state index is 12.8. The highest BCUT2D eigenvalue weighted by Gasteiger charge is 2.24. The van der Waals surface area contributed by atoms with Gasteiger partial charge in [-0.05, 0) is 42.7 Å². The number of nitrogens with one attached hydrogen (secondary N) is 1. The zero-order chi connectivity index (χ0) is 19.9. The number of allylic oxidation sites excluding steroid dienone is 1. The number of carbonyl (C=O) groups is 2. The molecule has 1 heterocycles. The van der Waals surface area contributed by atoms with E-state index in [2.05, 4.69) is 5.32 Å². The van der Waals surface area contributed by atoms with Crippen LogP contribution < -0.4 is 5.32 Å². The van der Waals surface area contributed by atoms with E-state index in [4.69, 9.17) is 4.74 Å². The van der Waals surface area contributed by atoms with E-state index in [1.54, 1.807) is 30.3 Å². The molecular weight excluding hydrogens is 352 g/mol. The second kappa shape index (κ2) is 9.33. The van der Waals surface area contributed by atoms with E-state index >= 15 is 0 Å². The topological polar surface area (TPSA) is 58.6 Å². The molecule has 0 bridgehead atoms. The van der Waals surface area contributed by atoms with Gasteiger partial charge in [0.25, 0.3) is 5.91 Å². The van der Waals surface area contributed by atoms with Crippen molar-refractivity contribution in [2.75, 3.05) is 25.1 Å². The van der Waals surface area contributed by atoms with Crippen molar-refractivity contribution in [2.45, 2.75) is 26.3 Å². The minimum absolute atomic E-state index is 0.0408. The number of carbonyl (C=O) groups excluding carboxylic acids is 2. The molecule has 0 spiro atoms. The second-order valence-corrected chi connectivity index (χ2v) is 6.88. The fourth-order valence-corrected chi connectivity index (χ4v) is 3.30. The average Bonchev–Trinajstić information content (AvgIpc) is 2.72. The van der Waals surface area contributed by atoms with Crippen LogP contribution in [0.1, 0.15) is 36.2 Å². The smallest absolute Gasteiger partial charge is 0.254 e. The molecule has 1 fully saturated rings. The third kappa shape index (κ3) is 4.87. The van der Waals surface area contributed by atoms with Crippen LogP contribution in [0.4, 0.5) is 5.69 Å². The molecule has 2 amide bonds. The van der Waals surface area contributed by atoms with Crippen LogP contribution in [0.15, 0.2) is 60.7 Å². The summed E-state index contributed by atoms with van der Waals surface area (Å²) in [5.74, 6) is -0.244. The third-order valence-electron chi connectivity index (χ3n) is 4.84. The van der Waals surface area contributed by atoms with Crippen molar-refractivity contribution in [1.29, 1.82) is 0 Å². The first-order chi connectivity index (χ1) is 13.6. The summed E-state index contributed by atoms with van der Waals surface area (Å²) in [4.78, 5) is 27.1. The largest absolute Gasteiger partial charge is 0.377 e. The van der Waals surface area contributed by atoms with Gasteiger partial charge < -0.3 is 15.0 Å². The van der Waals surface area contributed by atoms with Gasteiger partial charge >= 0.3 is 0 Å². The molecule has 146 valence electrons. The number of morpholine rings is 1. The summed E-state index contributed by atoms with van der Waals surface area (Å²) in [6, 6.07) is 17.0. The SMILES string of the molecule is CC/C(=C\C(=O)Nc1cccc(C(=O)N2CCOCC2C)c1)c1ccccc1. The Balaban J connectivity index is 1.72. The van der Waals surface area contributed by atoms with E-state index in [1.807, 2.05) is 49.1 Å². The Bertz CT molecular complexity index is 861. The lowest BCUT2D eigenvalue weighted by atomic mass is 10.0. The molecule has 5 heteroatoms. The van der Waals surface area contributed by atoms with Crippen molar-refractivity contribution < 1.29 is 14.3 Å². The van der Waals surface area contributed by atoms with Gasteiger partial charge in [-0.3, -0.25) is 9.59 Å². The number of anilines is 1. The van der Waals surface area contributed by atoms with Gasteiger partial charge in [0, 0.05) is 23.9 Å². The van der Waals surface area contributed by atoms with E-state index < -0.39 is 0 Å². The zero-order valence-corrected chi connectivity index (χ0v) is 16.4. The summed E-state index contributed by atoms with van der Waals surface area (Å²) in [6.07, 6.45) is 2.37. The second-order valence-electron chi connectivity index (χ2n) is 6.88. The molecule has 1 aliphatic rings. The zero-order valence-electron chi connectivity index (χ0n) is 16.4. The maximum absolute atomic E-state index is 12.8. The molecule has 1 aliphatic heterocycles. The first-order valence-electron chi connectivity index (χ1n) is 9.64. The molecule has 1 atom stereocenters. The lowest BCUT2D eigenvalue weighted by Gasteiger charge is -2.33. The van der Waals surface area contributed by atoms with Crippen molar-refractivity contribution in [2.24, 2.45) is 0 Å². The van der Waals surface area contributed by atoms with Gasteiger partial charge in [-0.25, -0.2) is 0 Å². The van der Waals surface area contributed by atoms with Crippen LogP contribution in [-0.2, 0) is 9.53 Å². The highest BCUT2D eigenvalue weighted by atomic mass is 16.5. The Morgan fingerprint density at radius 2 is 1.89 bits per heavy atom. The summed E-state index contributed by atoms with van der Waals surface area (Å²) >= 11 is 0. The van der Waals surface area contributed by atoms with Crippen LogP contribution in [0.3, 0.4) is 0 Å². The predicted octanol–water partition coefficient (Wildman–Crippen LogP) is 3.98.